The van der Waals surface area contributed by atoms with Crippen molar-refractivity contribution in [3.8, 4) is 0 Å². The molecule has 5 nitrogen and oxygen atoms in total. The molecular formula is C14H16FN5. The zero-order valence-electron chi connectivity index (χ0n) is 11.7. The van der Waals surface area contributed by atoms with E-state index in [2.05, 4.69) is 21.6 Å². The van der Waals surface area contributed by atoms with Gasteiger partial charge in [0.05, 0.1) is 17.6 Å². The Kier molecular flexibility index (Phi) is 3.65. The predicted octanol–water partition coefficient (Wildman–Crippen LogP) is 2.40. The van der Waals surface area contributed by atoms with Crippen LogP contribution in [-0.2, 0) is 7.05 Å². The van der Waals surface area contributed by atoms with Crippen molar-refractivity contribution in [2.24, 2.45) is 12.8 Å². The molecule has 0 radical (unpaired) electrons. The molecule has 6 heteroatoms. The standard InChI is InChI=1S/C14H16FN5/c1-5-10(15)11(16)6-8(2)12-13-14(20(4)19-12)17-7-9(3)18-13/h5-7H,2,16H2,1,3-4H3/b10-5+,11-6+. The lowest BCUT2D eigenvalue weighted by molar-refractivity contribution is 0.646. The summed E-state index contributed by atoms with van der Waals surface area (Å²) in [6.45, 7) is 7.30. The molecular weight excluding hydrogens is 257 g/mol. The number of aryl methyl sites for hydroxylation is 2. The fraction of sp³-hybridized carbons (Fsp3) is 0.214. The molecule has 0 amide bonds. The quantitative estimate of drug-likeness (QED) is 0.872. The van der Waals surface area contributed by atoms with Gasteiger partial charge in [-0.2, -0.15) is 5.10 Å². The molecule has 2 heterocycles. The Bertz CT molecular complexity index is 739. The summed E-state index contributed by atoms with van der Waals surface area (Å²) in [6, 6.07) is 0. The first kappa shape index (κ1) is 13.9. The van der Waals surface area contributed by atoms with E-state index in [4.69, 9.17) is 5.73 Å². The van der Waals surface area contributed by atoms with Crippen molar-refractivity contribution < 1.29 is 4.39 Å². The molecule has 0 aliphatic carbocycles. The normalized spacial score (nSPS) is 13.0. The summed E-state index contributed by atoms with van der Waals surface area (Å²) in [7, 11) is 1.77. The van der Waals surface area contributed by atoms with Crippen molar-refractivity contribution in [1.29, 1.82) is 0 Å². The largest absolute Gasteiger partial charge is 0.396 e. The number of nitrogens with two attached hydrogens (primary N) is 1. The minimum Gasteiger partial charge on any atom is -0.396 e. The van der Waals surface area contributed by atoms with E-state index in [1.165, 1.54) is 12.2 Å². The Balaban J connectivity index is 2.53. The molecule has 0 fully saturated rings. The van der Waals surface area contributed by atoms with Gasteiger partial charge in [-0.05, 0) is 31.6 Å². The minimum atomic E-state index is -0.492. The molecule has 2 rings (SSSR count). The smallest absolute Gasteiger partial charge is 0.177 e. The molecule has 0 aromatic carbocycles. The summed E-state index contributed by atoms with van der Waals surface area (Å²) < 4.78 is 15.0. The van der Waals surface area contributed by atoms with Crippen LogP contribution in [0.5, 0.6) is 0 Å². The minimum absolute atomic E-state index is 0.0110. The van der Waals surface area contributed by atoms with E-state index in [9.17, 15) is 4.39 Å². The van der Waals surface area contributed by atoms with Gasteiger partial charge in [0.15, 0.2) is 5.65 Å². The number of halogens is 1. The van der Waals surface area contributed by atoms with Crippen LogP contribution in [0.15, 0.2) is 36.5 Å². The molecule has 0 saturated carbocycles. The van der Waals surface area contributed by atoms with Gasteiger partial charge in [-0.3, -0.25) is 0 Å². The van der Waals surface area contributed by atoms with Crippen LogP contribution in [-0.4, -0.2) is 19.7 Å². The monoisotopic (exact) mass is 273 g/mol. The average Bonchev–Trinajstić information content (AvgIpc) is 2.74. The summed E-state index contributed by atoms with van der Waals surface area (Å²) in [6.07, 6.45) is 4.40. The molecule has 0 bridgehead atoms. The van der Waals surface area contributed by atoms with Gasteiger partial charge >= 0.3 is 0 Å². The Morgan fingerprint density at radius 2 is 2.20 bits per heavy atom. The maximum Gasteiger partial charge on any atom is 0.177 e. The average molecular weight is 273 g/mol. The van der Waals surface area contributed by atoms with Crippen molar-refractivity contribution in [2.75, 3.05) is 0 Å². The zero-order chi connectivity index (χ0) is 14.9. The molecule has 0 unspecified atom stereocenters. The highest BCUT2D eigenvalue weighted by atomic mass is 19.1. The van der Waals surface area contributed by atoms with Gasteiger partial charge in [-0.15, -0.1) is 0 Å². The molecule has 0 atom stereocenters. The first-order valence-corrected chi connectivity index (χ1v) is 6.09. The van der Waals surface area contributed by atoms with E-state index < -0.39 is 5.83 Å². The highest BCUT2D eigenvalue weighted by Crippen LogP contribution is 2.22. The maximum absolute atomic E-state index is 13.4. The summed E-state index contributed by atoms with van der Waals surface area (Å²) in [5.41, 5.74) is 8.73. The summed E-state index contributed by atoms with van der Waals surface area (Å²) in [5.74, 6) is -0.492. The molecule has 0 aliphatic heterocycles. The summed E-state index contributed by atoms with van der Waals surface area (Å²) in [5, 5.41) is 4.32. The first-order valence-electron chi connectivity index (χ1n) is 6.09. The van der Waals surface area contributed by atoms with Crippen molar-refractivity contribution in [1.82, 2.24) is 19.7 Å². The number of hydrogen-bond acceptors (Lipinski definition) is 4. The fourth-order valence-electron chi connectivity index (χ4n) is 1.82. The van der Waals surface area contributed by atoms with Crippen LogP contribution in [0.25, 0.3) is 16.7 Å². The Morgan fingerprint density at radius 3 is 2.85 bits per heavy atom. The Morgan fingerprint density at radius 1 is 1.50 bits per heavy atom. The first-order chi connectivity index (χ1) is 9.43. The molecule has 2 N–H and O–H groups in total. The SMILES string of the molecule is C=C(/C=C(N)\C(F)=C/C)c1nn(C)c2ncc(C)nc12. The number of aromatic nitrogens is 4. The third-order valence-corrected chi connectivity index (χ3v) is 2.82. The number of nitrogens with zero attached hydrogens (tertiary/aromatic N) is 4. The summed E-state index contributed by atoms with van der Waals surface area (Å²) in [4.78, 5) is 8.68. The third-order valence-electron chi connectivity index (χ3n) is 2.82. The van der Waals surface area contributed by atoms with Crippen molar-refractivity contribution in [2.45, 2.75) is 13.8 Å². The van der Waals surface area contributed by atoms with Crippen LogP contribution in [0.2, 0.25) is 0 Å². The van der Waals surface area contributed by atoms with Crippen LogP contribution in [0.3, 0.4) is 0 Å². The molecule has 0 saturated heterocycles. The van der Waals surface area contributed by atoms with E-state index in [0.29, 0.717) is 22.4 Å². The second-order valence-electron chi connectivity index (χ2n) is 4.42. The molecule has 2 aromatic heterocycles. The topological polar surface area (TPSA) is 69.6 Å². The maximum atomic E-state index is 13.4. The number of rotatable bonds is 3. The van der Waals surface area contributed by atoms with Gasteiger partial charge < -0.3 is 5.73 Å². The zero-order valence-corrected chi connectivity index (χ0v) is 11.7. The van der Waals surface area contributed by atoms with Crippen molar-refractivity contribution >= 4 is 16.7 Å². The second-order valence-corrected chi connectivity index (χ2v) is 4.42. The lowest BCUT2D eigenvalue weighted by Gasteiger charge is -2.00. The van der Waals surface area contributed by atoms with Gasteiger partial charge in [0.2, 0.25) is 0 Å². The van der Waals surface area contributed by atoms with Crippen LogP contribution in [0, 0.1) is 6.92 Å². The second kappa shape index (κ2) is 5.24. The van der Waals surface area contributed by atoms with E-state index in [1.54, 1.807) is 24.9 Å². The Labute approximate surface area is 116 Å². The van der Waals surface area contributed by atoms with Crippen molar-refractivity contribution in [3.63, 3.8) is 0 Å². The van der Waals surface area contributed by atoms with Gasteiger partial charge in [0.25, 0.3) is 0 Å². The lowest BCUT2D eigenvalue weighted by Crippen LogP contribution is -1.98. The van der Waals surface area contributed by atoms with Crippen LogP contribution >= 0.6 is 0 Å². The molecule has 104 valence electrons. The van der Waals surface area contributed by atoms with E-state index in [0.717, 1.165) is 5.69 Å². The highest BCUT2D eigenvalue weighted by Gasteiger charge is 2.13. The fourth-order valence-corrected chi connectivity index (χ4v) is 1.82. The Hall–Kier alpha value is -2.50. The van der Waals surface area contributed by atoms with E-state index in [-0.39, 0.29) is 5.70 Å². The highest BCUT2D eigenvalue weighted by molar-refractivity contribution is 5.88. The summed E-state index contributed by atoms with van der Waals surface area (Å²) >= 11 is 0. The molecule has 2 aromatic rings. The van der Waals surface area contributed by atoms with Crippen molar-refractivity contribution in [3.05, 3.63) is 47.8 Å². The van der Waals surface area contributed by atoms with Gasteiger partial charge in [-0.1, -0.05) is 6.58 Å². The van der Waals surface area contributed by atoms with E-state index in [1.807, 2.05) is 6.92 Å². The number of allylic oxidation sites excluding steroid dienone is 4. The third kappa shape index (κ3) is 2.45. The molecule has 0 aliphatic rings. The number of hydrogen-bond donors (Lipinski definition) is 1. The van der Waals surface area contributed by atoms with Gasteiger partial charge in [0.1, 0.15) is 17.0 Å². The van der Waals surface area contributed by atoms with E-state index >= 15 is 0 Å². The molecule has 0 spiro atoms. The van der Waals surface area contributed by atoms with Gasteiger partial charge in [0, 0.05) is 7.05 Å². The van der Waals surface area contributed by atoms with Crippen LogP contribution in [0.1, 0.15) is 18.3 Å². The molecule has 20 heavy (non-hydrogen) atoms. The van der Waals surface area contributed by atoms with Gasteiger partial charge in [-0.25, -0.2) is 19.0 Å². The number of fused-ring (bicyclic) bond motifs is 1. The predicted molar refractivity (Wildman–Crippen MR) is 77.2 cm³/mol. The van der Waals surface area contributed by atoms with Crippen LogP contribution < -0.4 is 5.73 Å². The lowest BCUT2D eigenvalue weighted by atomic mass is 10.1. The van der Waals surface area contributed by atoms with Crippen LogP contribution in [0.4, 0.5) is 4.39 Å².